The summed E-state index contributed by atoms with van der Waals surface area (Å²) in [6.07, 6.45) is 4.14. The number of hydrogen-bond donors (Lipinski definition) is 1. The summed E-state index contributed by atoms with van der Waals surface area (Å²) >= 11 is 1.56. The van der Waals surface area contributed by atoms with Crippen molar-refractivity contribution < 1.29 is 4.74 Å². The molecule has 1 aromatic rings. The lowest BCUT2D eigenvalue weighted by molar-refractivity contribution is 0.134. The summed E-state index contributed by atoms with van der Waals surface area (Å²) in [4.78, 5) is 0. The zero-order valence-electron chi connectivity index (χ0n) is 11.6. The van der Waals surface area contributed by atoms with Crippen molar-refractivity contribution in [3.63, 3.8) is 0 Å². The Kier molecular flexibility index (Phi) is 6.60. The number of amidine groups is 1. The van der Waals surface area contributed by atoms with Crippen molar-refractivity contribution in [2.24, 2.45) is 15.9 Å². The molecule has 0 atom stereocenters. The summed E-state index contributed by atoms with van der Waals surface area (Å²) in [5.41, 5.74) is 8.00. The Hall–Kier alpha value is -1.33. The third-order valence-corrected chi connectivity index (χ3v) is 3.91. The third-order valence-electron chi connectivity index (χ3n) is 3.06. The monoisotopic (exact) mass is 291 g/mol. The number of rotatable bonds is 8. The molecule has 1 heterocycles. The molecule has 0 aromatic heterocycles. The van der Waals surface area contributed by atoms with Crippen LogP contribution >= 0.6 is 11.8 Å². The van der Waals surface area contributed by atoms with Gasteiger partial charge in [-0.1, -0.05) is 42.1 Å². The van der Waals surface area contributed by atoms with Gasteiger partial charge in [0.05, 0.1) is 12.3 Å². The lowest BCUT2D eigenvalue weighted by Gasteiger charge is -2.09. The molecular weight excluding hydrogens is 270 g/mol. The molecule has 2 N–H and O–H groups in total. The van der Waals surface area contributed by atoms with Gasteiger partial charge in [-0.3, -0.25) is 0 Å². The van der Waals surface area contributed by atoms with Crippen LogP contribution in [0.5, 0.6) is 0 Å². The highest BCUT2D eigenvalue weighted by atomic mass is 32.2. The number of hydrogen-bond acceptors (Lipinski definition) is 5. The van der Waals surface area contributed by atoms with Crippen LogP contribution in [0, 0.1) is 0 Å². The molecule has 0 amide bonds. The van der Waals surface area contributed by atoms with E-state index in [1.54, 1.807) is 11.8 Å². The molecule has 0 bridgehead atoms. The average Bonchev–Trinajstić information content (AvgIpc) is 2.49. The summed E-state index contributed by atoms with van der Waals surface area (Å²) in [5.74, 6) is 0.879. The van der Waals surface area contributed by atoms with E-state index < -0.39 is 0 Å². The SMILES string of the molecule is NC1=NN=C(CCCCOCCc2ccccc2)CS1. The highest BCUT2D eigenvalue weighted by Crippen LogP contribution is 2.11. The second kappa shape index (κ2) is 8.76. The number of ether oxygens (including phenoxy) is 1. The van der Waals surface area contributed by atoms with E-state index in [0.29, 0.717) is 5.17 Å². The first kappa shape index (κ1) is 15.1. The minimum absolute atomic E-state index is 0.568. The molecule has 0 unspecified atom stereocenters. The second-order valence-corrected chi connectivity index (χ2v) is 5.69. The molecule has 1 aliphatic heterocycles. The molecule has 0 radical (unpaired) electrons. The van der Waals surface area contributed by atoms with Gasteiger partial charge < -0.3 is 10.5 Å². The van der Waals surface area contributed by atoms with E-state index >= 15 is 0 Å². The van der Waals surface area contributed by atoms with Gasteiger partial charge in [0.25, 0.3) is 0 Å². The molecule has 0 spiro atoms. The van der Waals surface area contributed by atoms with Crippen molar-refractivity contribution in [3.05, 3.63) is 35.9 Å². The fourth-order valence-corrected chi connectivity index (χ4v) is 2.54. The van der Waals surface area contributed by atoms with Crippen LogP contribution in [0.2, 0.25) is 0 Å². The number of unbranched alkanes of at least 4 members (excludes halogenated alkanes) is 1. The Balaban J connectivity index is 1.48. The molecular formula is C15H21N3OS. The first-order valence-corrected chi connectivity index (χ1v) is 7.96. The molecule has 0 saturated carbocycles. The number of benzene rings is 1. The Labute approximate surface area is 124 Å². The lowest BCUT2D eigenvalue weighted by atomic mass is 10.2. The predicted molar refractivity (Wildman–Crippen MR) is 86.3 cm³/mol. The van der Waals surface area contributed by atoms with E-state index in [1.807, 2.05) is 6.07 Å². The highest BCUT2D eigenvalue weighted by molar-refractivity contribution is 8.14. The zero-order valence-corrected chi connectivity index (χ0v) is 12.4. The van der Waals surface area contributed by atoms with Gasteiger partial charge in [0.15, 0.2) is 5.17 Å². The summed E-state index contributed by atoms with van der Waals surface area (Å²) in [6, 6.07) is 10.4. The van der Waals surface area contributed by atoms with E-state index in [1.165, 1.54) is 5.56 Å². The van der Waals surface area contributed by atoms with Crippen LogP contribution in [0.4, 0.5) is 0 Å². The van der Waals surface area contributed by atoms with Gasteiger partial charge in [-0.15, -0.1) is 5.10 Å². The molecule has 108 valence electrons. The van der Waals surface area contributed by atoms with Gasteiger partial charge in [0, 0.05) is 12.4 Å². The normalized spacial score (nSPS) is 14.8. The first-order chi connectivity index (χ1) is 9.84. The van der Waals surface area contributed by atoms with E-state index in [2.05, 4.69) is 34.5 Å². The van der Waals surface area contributed by atoms with Crippen molar-refractivity contribution in [3.8, 4) is 0 Å². The minimum atomic E-state index is 0.568. The van der Waals surface area contributed by atoms with Crippen molar-refractivity contribution in [1.29, 1.82) is 0 Å². The van der Waals surface area contributed by atoms with E-state index in [9.17, 15) is 0 Å². The van der Waals surface area contributed by atoms with Gasteiger partial charge in [-0.2, -0.15) is 5.10 Å². The average molecular weight is 291 g/mol. The van der Waals surface area contributed by atoms with E-state index in [0.717, 1.165) is 50.4 Å². The maximum Gasteiger partial charge on any atom is 0.180 e. The number of thioether (sulfide) groups is 1. The maximum absolute atomic E-state index is 5.65. The predicted octanol–water partition coefficient (Wildman–Crippen LogP) is 2.83. The van der Waals surface area contributed by atoms with Crippen LogP contribution in [0.1, 0.15) is 24.8 Å². The van der Waals surface area contributed by atoms with Crippen LogP contribution in [0.15, 0.2) is 40.5 Å². The number of nitrogens with two attached hydrogens (primary N) is 1. The van der Waals surface area contributed by atoms with Crippen LogP contribution in [0.25, 0.3) is 0 Å². The summed E-state index contributed by atoms with van der Waals surface area (Å²) < 4.78 is 5.65. The fraction of sp³-hybridized carbons (Fsp3) is 0.467. The summed E-state index contributed by atoms with van der Waals surface area (Å²) in [7, 11) is 0. The smallest absolute Gasteiger partial charge is 0.180 e. The topological polar surface area (TPSA) is 60.0 Å². The van der Waals surface area contributed by atoms with Crippen molar-refractivity contribution in [2.45, 2.75) is 25.7 Å². The molecule has 0 fully saturated rings. The highest BCUT2D eigenvalue weighted by Gasteiger charge is 2.07. The largest absolute Gasteiger partial charge is 0.381 e. The molecule has 20 heavy (non-hydrogen) atoms. The molecule has 1 aromatic carbocycles. The van der Waals surface area contributed by atoms with Crippen molar-refractivity contribution >= 4 is 22.6 Å². The van der Waals surface area contributed by atoms with Gasteiger partial charge in [0.1, 0.15) is 0 Å². The van der Waals surface area contributed by atoms with Gasteiger partial charge in [-0.05, 0) is 31.2 Å². The Morgan fingerprint density at radius 3 is 2.65 bits per heavy atom. The fourth-order valence-electron chi connectivity index (χ4n) is 1.93. The van der Waals surface area contributed by atoms with Gasteiger partial charge in [0.2, 0.25) is 0 Å². The van der Waals surface area contributed by atoms with Crippen LogP contribution in [-0.4, -0.2) is 29.8 Å². The Bertz CT molecular complexity index is 459. The minimum Gasteiger partial charge on any atom is -0.381 e. The Morgan fingerprint density at radius 2 is 1.90 bits per heavy atom. The van der Waals surface area contributed by atoms with E-state index in [4.69, 9.17) is 10.5 Å². The summed E-state index contributed by atoms with van der Waals surface area (Å²) in [6.45, 7) is 1.61. The zero-order chi connectivity index (χ0) is 14.0. The molecule has 5 heteroatoms. The van der Waals surface area contributed by atoms with Crippen molar-refractivity contribution in [1.82, 2.24) is 0 Å². The van der Waals surface area contributed by atoms with Crippen LogP contribution in [-0.2, 0) is 11.2 Å². The van der Waals surface area contributed by atoms with Crippen LogP contribution in [0.3, 0.4) is 0 Å². The van der Waals surface area contributed by atoms with Crippen LogP contribution < -0.4 is 5.73 Å². The Morgan fingerprint density at radius 1 is 1.05 bits per heavy atom. The first-order valence-electron chi connectivity index (χ1n) is 6.98. The van der Waals surface area contributed by atoms with Crippen molar-refractivity contribution in [2.75, 3.05) is 19.0 Å². The van der Waals surface area contributed by atoms with Gasteiger partial charge >= 0.3 is 0 Å². The molecule has 0 aliphatic carbocycles. The third kappa shape index (κ3) is 5.75. The molecule has 1 aliphatic rings. The second-order valence-electron chi connectivity index (χ2n) is 4.70. The van der Waals surface area contributed by atoms with Gasteiger partial charge in [-0.25, -0.2) is 0 Å². The lowest BCUT2D eigenvalue weighted by Crippen LogP contribution is -2.15. The number of nitrogens with zero attached hydrogens (tertiary/aromatic N) is 2. The van der Waals surface area contributed by atoms with E-state index in [-0.39, 0.29) is 0 Å². The quantitative estimate of drug-likeness (QED) is 0.749. The summed E-state index contributed by atoms with van der Waals surface area (Å²) in [5, 5.41) is 8.56. The standard InChI is InChI=1S/C15H21N3OS/c16-15-18-17-14(12-20-15)8-4-5-10-19-11-9-13-6-2-1-3-7-13/h1-3,6-7H,4-5,8-12H2,(H2,16,18). The molecule has 4 nitrogen and oxygen atoms in total. The molecule has 2 rings (SSSR count). The maximum atomic E-state index is 5.65. The molecule has 0 saturated heterocycles.